The second-order valence-corrected chi connectivity index (χ2v) is 8.23. The highest BCUT2D eigenvalue weighted by Gasteiger charge is 2.32. The molecule has 0 amide bonds. The molecule has 1 N–H and O–H groups in total. The van der Waals surface area contributed by atoms with Gasteiger partial charge in [0.25, 0.3) is 10.0 Å². The Kier molecular flexibility index (Phi) is 3.83. The van der Waals surface area contributed by atoms with Gasteiger partial charge in [0.1, 0.15) is 5.82 Å². The second-order valence-electron chi connectivity index (χ2n) is 6.57. The van der Waals surface area contributed by atoms with Gasteiger partial charge in [0, 0.05) is 31.8 Å². The standard InChI is InChI=1S/C14H23N3O3S/c1-14(2)9-11(6-8-20-14)16-21(18,19)13-10-17-7-4-3-5-12(17)15-13/h10-11,16H,3-9H2,1-2H3. The predicted molar refractivity (Wildman–Crippen MR) is 78.5 cm³/mol. The van der Waals surface area contributed by atoms with Crippen molar-refractivity contribution in [2.75, 3.05) is 6.61 Å². The van der Waals surface area contributed by atoms with E-state index in [9.17, 15) is 8.42 Å². The normalized spacial score (nSPS) is 25.5. The van der Waals surface area contributed by atoms with E-state index in [-0.39, 0.29) is 16.7 Å². The Morgan fingerprint density at radius 3 is 2.95 bits per heavy atom. The monoisotopic (exact) mass is 313 g/mol. The van der Waals surface area contributed by atoms with E-state index in [0.29, 0.717) is 19.4 Å². The van der Waals surface area contributed by atoms with Gasteiger partial charge in [0.15, 0.2) is 5.03 Å². The highest BCUT2D eigenvalue weighted by atomic mass is 32.2. The van der Waals surface area contributed by atoms with Gasteiger partial charge < -0.3 is 9.30 Å². The number of ether oxygens (including phenoxy) is 1. The van der Waals surface area contributed by atoms with Gasteiger partial charge in [-0.15, -0.1) is 0 Å². The number of sulfonamides is 1. The van der Waals surface area contributed by atoms with Gasteiger partial charge in [-0.2, -0.15) is 0 Å². The molecule has 0 aromatic carbocycles. The van der Waals surface area contributed by atoms with Crippen molar-refractivity contribution in [3.63, 3.8) is 0 Å². The summed E-state index contributed by atoms with van der Waals surface area (Å²) in [5.41, 5.74) is -0.279. The van der Waals surface area contributed by atoms with Gasteiger partial charge in [-0.05, 0) is 39.5 Å². The van der Waals surface area contributed by atoms with Crippen LogP contribution in [0.2, 0.25) is 0 Å². The Morgan fingerprint density at radius 2 is 2.24 bits per heavy atom. The number of nitrogens with one attached hydrogen (secondary N) is 1. The Balaban J connectivity index is 1.76. The molecular formula is C14H23N3O3S. The van der Waals surface area contributed by atoms with Crippen molar-refractivity contribution in [1.82, 2.24) is 14.3 Å². The van der Waals surface area contributed by atoms with Crippen LogP contribution in [-0.4, -0.2) is 36.2 Å². The molecule has 0 spiro atoms. The summed E-state index contributed by atoms with van der Waals surface area (Å²) in [7, 11) is -3.54. The minimum absolute atomic E-state index is 0.0857. The summed E-state index contributed by atoms with van der Waals surface area (Å²) in [5, 5.41) is 0.156. The summed E-state index contributed by atoms with van der Waals surface area (Å²) in [4.78, 5) is 4.31. The molecule has 1 saturated heterocycles. The molecule has 1 aromatic rings. The number of hydrogen-bond donors (Lipinski definition) is 1. The number of rotatable bonds is 3. The van der Waals surface area contributed by atoms with Crippen molar-refractivity contribution in [1.29, 1.82) is 0 Å². The zero-order chi connectivity index (χ0) is 15.1. The fraction of sp³-hybridized carbons (Fsp3) is 0.786. The van der Waals surface area contributed by atoms with E-state index in [4.69, 9.17) is 4.74 Å². The molecule has 0 aliphatic carbocycles. The van der Waals surface area contributed by atoms with Crippen LogP contribution in [0.25, 0.3) is 0 Å². The Morgan fingerprint density at radius 1 is 1.43 bits per heavy atom. The SMILES string of the molecule is CC1(C)CC(NS(=O)(=O)c2cn3c(n2)CCCC3)CCO1. The molecule has 3 rings (SSSR count). The van der Waals surface area contributed by atoms with Gasteiger partial charge in [-0.25, -0.2) is 18.1 Å². The molecule has 2 aliphatic heterocycles. The van der Waals surface area contributed by atoms with Crippen LogP contribution in [0.3, 0.4) is 0 Å². The molecule has 21 heavy (non-hydrogen) atoms. The Bertz CT molecular complexity index is 598. The van der Waals surface area contributed by atoms with Gasteiger partial charge >= 0.3 is 0 Å². The first-order valence-electron chi connectivity index (χ1n) is 7.58. The topological polar surface area (TPSA) is 73.2 Å². The molecule has 6 nitrogen and oxygen atoms in total. The number of imidazole rings is 1. The molecule has 0 radical (unpaired) electrons. The molecule has 1 atom stereocenters. The minimum Gasteiger partial charge on any atom is -0.375 e. The van der Waals surface area contributed by atoms with Gasteiger partial charge in [0.2, 0.25) is 0 Å². The van der Waals surface area contributed by atoms with Crippen LogP contribution < -0.4 is 4.72 Å². The highest BCUT2D eigenvalue weighted by molar-refractivity contribution is 7.89. The maximum absolute atomic E-state index is 12.5. The van der Waals surface area contributed by atoms with Crippen LogP contribution in [0.15, 0.2) is 11.2 Å². The minimum atomic E-state index is -3.54. The smallest absolute Gasteiger partial charge is 0.259 e. The van der Waals surface area contributed by atoms with Crippen LogP contribution in [0, 0.1) is 0 Å². The predicted octanol–water partition coefficient (Wildman–Crippen LogP) is 1.46. The third-order valence-electron chi connectivity index (χ3n) is 4.18. The first-order chi connectivity index (χ1) is 9.86. The van der Waals surface area contributed by atoms with Crippen LogP contribution in [0.1, 0.15) is 45.4 Å². The van der Waals surface area contributed by atoms with Crippen molar-refractivity contribution in [2.24, 2.45) is 0 Å². The number of aromatic nitrogens is 2. The largest absolute Gasteiger partial charge is 0.375 e. The lowest BCUT2D eigenvalue weighted by Gasteiger charge is -2.35. The van der Waals surface area contributed by atoms with Crippen LogP contribution in [0.5, 0.6) is 0 Å². The number of nitrogens with zero attached hydrogens (tertiary/aromatic N) is 2. The molecule has 3 heterocycles. The molecule has 1 fully saturated rings. The summed E-state index contributed by atoms with van der Waals surface area (Å²) >= 11 is 0. The van der Waals surface area contributed by atoms with Crippen molar-refractivity contribution in [2.45, 2.75) is 69.2 Å². The maximum atomic E-state index is 12.5. The van der Waals surface area contributed by atoms with E-state index in [1.807, 2.05) is 18.4 Å². The summed E-state index contributed by atoms with van der Waals surface area (Å²) in [5.74, 6) is 0.883. The van der Waals surface area contributed by atoms with Crippen molar-refractivity contribution in [3.05, 3.63) is 12.0 Å². The fourth-order valence-corrected chi connectivity index (χ4v) is 4.38. The lowest BCUT2D eigenvalue weighted by atomic mass is 9.95. The van der Waals surface area contributed by atoms with E-state index in [1.165, 1.54) is 0 Å². The Labute approximate surface area is 125 Å². The number of fused-ring (bicyclic) bond motifs is 1. The molecule has 2 aliphatic rings. The molecule has 0 saturated carbocycles. The molecule has 1 unspecified atom stereocenters. The average Bonchev–Trinajstić information content (AvgIpc) is 2.81. The first kappa shape index (κ1) is 15.0. The number of aryl methyl sites for hydroxylation is 2. The van der Waals surface area contributed by atoms with Gasteiger partial charge in [0.05, 0.1) is 5.60 Å². The van der Waals surface area contributed by atoms with E-state index in [0.717, 1.165) is 31.6 Å². The van der Waals surface area contributed by atoms with Crippen molar-refractivity contribution < 1.29 is 13.2 Å². The van der Waals surface area contributed by atoms with Crippen LogP contribution in [-0.2, 0) is 27.7 Å². The lowest BCUT2D eigenvalue weighted by Crippen LogP contribution is -2.45. The molecule has 0 bridgehead atoms. The fourth-order valence-electron chi connectivity index (χ4n) is 3.13. The molecule has 7 heteroatoms. The molecular weight excluding hydrogens is 290 g/mol. The van der Waals surface area contributed by atoms with E-state index in [2.05, 4.69) is 9.71 Å². The summed E-state index contributed by atoms with van der Waals surface area (Å²) in [6.45, 7) is 5.42. The van der Waals surface area contributed by atoms with Crippen LogP contribution >= 0.6 is 0 Å². The van der Waals surface area contributed by atoms with Crippen LogP contribution in [0.4, 0.5) is 0 Å². The summed E-state index contributed by atoms with van der Waals surface area (Å²) in [6.07, 6.45) is 6.08. The van der Waals surface area contributed by atoms with E-state index >= 15 is 0 Å². The van der Waals surface area contributed by atoms with Gasteiger partial charge in [-0.1, -0.05) is 0 Å². The lowest BCUT2D eigenvalue weighted by molar-refractivity contribution is -0.0599. The Hall–Kier alpha value is -0.920. The zero-order valence-electron chi connectivity index (χ0n) is 12.6. The second kappa shape index (κ2) is 5.37. The average molecular weight is 313 g/mol. The number of hydrogen-bond acceptors (Lipinski definition) is 4. The highest BCUT2D eigenvalue weighted by Crippen LogP contribution is 2.25. The summed E-state index contributed by atoms with van der Waals surface area (Å²) < 4.78 is 35.4. The first-order valence-corrected chi connectivity index (χ1v) is 9.06. The summed E-state index contributed by atoms with van der Waals surface area (Å²) in [6, 6.07) is -0.0857. The van der Waals surface area contributed by atoms with Gasteiger partial charge in [-0.3, -0.25) is 0 Å². The van der Waals surface area contributed by atoms with E-state index < -0.39 is 10.0 Å². The van der Waals surface area contributed by atoms with E-state index in [1.54, 1.807) is 6.20 Å². The third kappa shape index (κ3) is 3.30. The third-order valence-corrected chi connectivity index (χ3v) is 5.57. The maximum Gasteiger partial charge on any atom is 0.259 e. The van der Waals surface area contributed by atoms with Crippen molar-refractivity contribution >= 4 is 10.0 Å². The zero-order valence-corrected chi connectivity index (χ0v) is 13.4. The van der Waals surface area contributed by atoms with Crippen molar-refractivity contribution in [3.8, 4) is 0 Å². The molecule has 118 valence electrons. The quantitative estimate of drug-likeness (QED) is 0.917. The molecule has 1 aromatic heterocycles.